The Bertz CT molecular complexity index is 953. The fourth-order valence-corrected chi connectivity index (χ4v) is 3.03. The number of amides is 2. The predicted octanol–water partition coefficient (Wildman–Crippen LogP) is 4.16. The van der Waals surface area contributed by atoms with Gasteiger partial charge < -0.3 is 15.6 Å². The first kappa shape index (κ1) is 18.3. The smallest absolute Gasteiger partial charge is 0.233 e. The fourth-order valence-electron chi connectivity index (χ4n) is 2.68. The van der Waals surface area contributed by atoms with Gasteiger partial charge in [-0.05, 0) is 30.2 Å². The number of hydrogen-bond acceptors (Lipinski definition) is 2. The van der Waals surface area contributed by atoms with Crippen LogP contribution in [-0.4, -0.2) is 23.3 Å². The molecule has 0 unspecified atom stereocenters. The summed E-state index contributed by atoms with van der Waals surface area (Å²) in [4.78, 5) is 27.1. The maximum Gasteiger partial charge on any atom is 0.233 e. The van der Waals surface area contributed by atoms with Gasteiger partial charge in [-0.1, -0.05) is 47.5 Å². The Morgan fingerprint density at radius 1 is 1.00 bits per heavy atom. The molecule has 7 heteroatoms. The van der Waals surface area contributed by atoms with E-state index >= 15 is 0 Å². The second-order valence-electron chi connectivity index (χ2n) is 5.79. The average Bonchev–Trinajstić information content (AvgIpc) is 3.02. The van der Waals surface area contributed by atoms with Crippen molar-refractivity contribution in [3.63, 3.8) is 0 Å². The average molecular weight is 390 g/mol. The van der Waals surface area contributed by atoms with E-state index in [0.717, 1.165) is 16.5 Å². The van der Waals surface area contributed by atoms with E-state index in [4.69, 9.17) is 23.2 Å². The second kappa shape index (κ2) is 8.25. The quantitative estimate of drug-likeness (QED) is 0.553. The van der Waals surface area contributed by atoms with E-state index in [-0.39, 0.29) is 17.4 Å². The molecule has 0 spiro atoms. The molecule has 0 fully saturated rings. The SMILES string of the molecule is O=C(CC(=O)Nc1cccc(Cl)c1Cl)NCCc1c[nH]c2ccccc12. The molecule has 0 saturated carbocycles. The normalized spacial score (nSPS) is 10.7. The summed E-state index contributed by atoms with van der Waals surface area (Å²) in [6, 6.07) is 12.9. The number of para-hydroxylation sites is 1. The first-order valence-corrected chi connectivity index (χ1v) is 8.86. The number of anilines is 1. The lowest BCUT2D eigenvalue weighted by molar-refractivity contribution is -0.126. The monoisotopic (exact) mass is 389 g/mol. The van der Waals surface area contributed by atoms with Crippen LogP contribution in [0.25, 0.3) is 10.9 Å². The number of H-pyrrole nitrogens is 1. The van der Waals surface area contributed by atoms with Crippen LogP contribution in [0.3, 0.4) is 0 Å². The largest absolute Gasteiger partial charge is 0.361 e. The van der Waals surface area contributed by atoms with E-state index in [1.165, 1.54) is 0 Å². The highest BCUT2D eigenvalue weighted by Gasteiger charge is 2.12. The number of aromatic nitrogens is 1. The van der Waals surface area contributed by atoms with Gasteiger partial charge in [-0.25, -0.2) is 0 Å². The molecule has 5 nitrogen and oxygen atoms in total. The minimum absolute atomic E-state index is 0.252. The highest BCUT2D eigenvalue weighted by molar-refractivity contribution is 6.44. The van der Waals surface area contributed by atoms with E-state index in [0.29, 0.717) is 23.7 Å². The Labute approximate surface area is 160 Å². The first-order valence-electron chi connectivity index (χ1n) is 8.10. The summed E-state index contributed by atoms with van der Waals surface area (Å²) in [7, 11) is 0. The molecule has 0 aliphatic rings. The molecule has 1 aromatic heterocycles. The van der Waals surface area contributed by atoms with Gasteiger partial charge in [-0.15, -0.1) is 0 Å². The molecule has 0 saturated heterocycles. The Morgan fingerprint density at radius 2 is 1.81 bits per heavy atom. The van der Waals surface area contributed by atoms with Gasteiger partial charge in [-0.2, -0.15) is 0 Å². The van der Waals surface area contributed by atoms with Crippen LogP contribution in [0.1, 0.15) is 12.0 Å². The molecule has 134 valence electrons. The van der Waals surface area contributed by atoms with Gasteiger partial charge in [0.1, 0.15) is 6.42 Å². The van der Waals surface area contributed by atoms with E-state index in [9.17, 15) is 9.59 Å². The number of nitrogens with one attached hydrogen (secondary N) is 3. The molecule has 2 amide bonds. The van der Waals surface area contributed by atoms with Crippen molar-refractivity contribution in [3.8, 4) is 0 Å². The maximum absolute atomic E-state index is 12.0. The maximum atomic E-state index is 12.0. The summed E-state index contributed by atoms with van der Waals surface area (Å²) < 4.78 is 0. The zero-order chi connectivity index (χ0) is 18.5. The highest BCUT2D eigenvalue weighted by atomic mass is 35.5. The van der Waals surface area contributed by atoms with Gasteiger partial charge in [0.05, 0.1) is 15.7 Å². The Kier molecular flexibility index (Phi) is 5.81. The van der Waals surface area contributed by atoms with Crippen LogP contribution >= 0.6 is 23.2 Å². The molecule has 0 atom stereocenters. The molecule has 1 heterocycles. The van der Waals surface area contributed by atoms with E-state index in [2.05, 4.69) is 15.6 Å². The van der Waals surface area contributed by atoms with Crippen molar-refractivity contribution in [2.45, 2.75) is 12.8 Å². The van der Waals surface area contributed by atoms with Gasteiger partial charge >= 0.3 is 0 Å². The van der Waals surface area contributed by atoms with Crippen molar-refractivity contribution in [2.75, 3.05) is 11.9 Å². The summed E-state index contributed by atoms with van der Waals surface area (Å²) in [5.74, 6) is -0.792. The number of halogens is 2. The van der Waals surface area contributed by atoms with Gasteiger partial charge in [-0.3, -0.25) is 9.59 Å². The third-order valence-corrected chi connectivity index (χ3v) is 4.76. The summed E-state index contributed by atoms with van der Waals surface area (Å²) in [5.41, 5.74) is 2.57. The van der Waals surface area contributed by atoms with E-state index in [1.54, 1.807) is 18.2 Å². The predicted molar refractivity (Wildman–Crippen MR) is 105 cm³/mol. The first-order chi connectivity index (χ1) is 12.5. The third-order valence-electron chi connectivity index (χ3n) is 3.94. The molecular formula is C19H17Cl2N3O2. The van der Waals surface area contributed by atoms with E-state index < -0.39 is 5.91 Å². The third kappa shape index (κ3) is 4.36. The molecule has 3 rings (SSSR count). The van der Waals surface area contributed by atoms with Gasteiger partial charge in [0.2, 0.25) is 11.8 Å². The second-order valence-corrected chi connectivity index (χ2v) is 6.57. The standard InChI is InChI=1S/C19H17Cl2N3O2/c20-14-5-3-7-16(19(14)21)24-18(26)10-17(25)22-9-8-12-11-23-15-6-2-1-4-13(12)15/h1-7,11,23H,8-10H2,(H,22,25)(H,24,26). The lowest BCUT2D eigenvalue weighted by Gasteiger charge is -2.08. The fraction of sp³-hybridized carbons (Fsp3) is 0.158. The minimum atomic E-state index is -0.446. The zero-order valence-electron chi connectivity index (χ0n) is 13.8. The van der Waals surface area contributed by atoms with Crippen molar-refractivity contribution in [2.24, 2.45) is 0 Å². The van der Waals surface area contributed by atoms with Crippen LogP contribution in [0.15, 0.2) is 48.7 Å². The van der Waals surface area contributed by atoms with Gasteiger partial charge in [0.25, 0.3) is 0 Å². The molecule has 26 heavy (non-hydrogen) atoms. The van der Waals surface area contributed by atoms with Crippen LogP contribution in [-0.2, 0) is 16.0 Å². The number of rotatable bonds is 6. The van der Waals surface area contributed by atoms with Crippen molar-refractivity contribution < 1.29 is 9.59 Å². The van der Waals surface area contributed by atoms with Crippen LogP contribution in [0.2, 0.25) is 10.0 Å². The van der Waals surface area contributed by atoms with Crippen LogP contribution in [0.5, 0.6) is 0 Å². The zero-order valence-corrected chi connectivity index (χ0v) is 15.3. The summed E-state index contributed by atoms with van der Waals surface area (Å²) >= 11 is 11.9. The van der Waals surface area contributed by atoms with Crippen molar-refractivity contribution in [1.29, 1.82) is 0 Å². The minimum Gasteiger partial charge on any atom is -0.361 e. The van der Waals surface area contributed by atoms with Crippen molar-refractivity contribution in [1.82, 2.24) is 10.3 Å². The molecular weight excluding hydrogens is 373 g/mol. The van der Waals surface area contributed by atoms with Crippen LogP contribution in [0.4, 0.5) is 5.69 Å². The number of fused-ring (bicyclic) bond motifs is 1. The number of hydrogen-bond donors (Lipinski definition) is 3. The van der Waals surface area contributed by atoms with Crippen molar-refractivity contribution in [3.05, 3.63) is 64.3 Å². The lowest BCUT2D eigenvalue weighted by atomic mass is 10.1. The van der Waals surface area contributed by atoms with Crippen molar-refractivity contribution >= 4 is 51.6 Å². The van der Waals surface area contributed by atoms with E-state index in [1.807, 2.05) is 30.5 Å². The molecule has 3 aromatic rings. The Balaban J connectivity index is 1.48. The van der Waals surface area contributed by atoms with Gasteiger partial charge in [0, 0.05) is 23.6 Å². The topological polar surface area (TPSA) is 74.0 Å². The lowest BCUT2D eigenvalue weighted by Crippen LogP contribution is -2.29. The number of benzene rings is 2. The van der Waals surface area contributed by atoms with Crippen LogP contribution < -0.4 is 10.6 Å². The summed E-state index contributed by atoms with van der Waals surface area (Å²) in [6.45, 7) is 0.450. The highest BCUT2D eigenvalue weighted by Crippen LogP contribution is 2.29. The Morgan fingerprint density at radius 3 is 2.65 bits per heavy atom. The number of carbonyl (C=O) groups is 2. The molecule has 3 N–H and O–H groups in total. The Hall–Kier alpha value is -2.50. The van der Waals surface area contributed by atoms with Gasteiger partial charge in [0.15, 0.2) is 0 Å². The molecule has 2 aromatic carbocycles. The summed E-state index contributed by atoms with van der Waals surface area (Å²) in [5, 5.41) is 7.07. The molecule has 0 aliphatic heterocycles. The summed E-state index contributed by atoms with van der Waals surface area (Å²) in [6.07, 6.45) is 2.33. The number of aromatic amines is 1. The molecule has 0 radical (unpaired) electrons. The van der Waals surface area contributed by atoms with Crippen LogP contribution in [0, 0.1) is 0 Å². The molecule has 0 aliphatic carbocycles. The number of carbonyl (C=O) groups excluding carboxylic acids is 2. The molecule has 0 bridgehead atoms.